The van der Waals surface area contributed by atoms with Gasteiger partial charge in [0.15, 0.2) is 0 Å². The minimum atomic E-state index is 0.366. The number of ether oxygens (including phenoxy) is 2. The molecule has 1 aliphatic rings. The molecule has 0 radical (unpaired) electrons. The fraction of sp³-hybridized carbons (Fsp3) is 1.00. The second-order valence-electron chi connectivity index (χ2n) is 5.51. The van der Waals surface area contributed by atoms with Crippen molar-refractivity contribution in [3.8, 4) is 0 Å². The summed E-state index contributed by atoms with van der Waals surface area (Å²) in [5, 5.41) is 3.37. The van der Waals surface area contributed by atoms with E-state index < -0.39 is 0 Å². The smallest absolute Gasteiger partial charge is 0.0615 e. The van der Waals surface area contributed by atoms with Crippen molar-refractivity contribution in [2.45, 2.75) is 32.7 Å². The molecule has 1 aliphatic heterocycles. The van der Waals surface area contributed by atoms with E-state index >= 15 is 0 Å². The van der Waals surface area contributed by atoms with Crippen LogP contribution in [0.5, 0.6) is 0 Å². The quantitative estimate of drug-likeness (QED) is 0.713. The summed E-state index contributed by atoms with van der Waals surface area (Å²) in [5.41, 5.74) is 0.366. The third kappa shape index (κ3) is 4.50. The molecule has 0 bridgehead atoms. The van der Waals surface area contributed by atoms with Crippen LogP contribution in [0, 0.1) is 5.41 Å². The Morgan fingerprint density at radius 2 is 2.06 bits per heavy atom. The predicted molar refractivity (Wildman–Crippen MR) is 75.0 cm³/mol. The van der Waals surface area contributed by atoms with Gasteiger partial charge < -0.3 is 14.8 Å². The van der Waals surface area contributed by atoms with Crippen molar-refractivity contribution >= 4 is 0 Å². The second kappa shape index (κ2) is 8.10. The van der Waals surface area contributed by atoms with Gasteiger partial charge in [-0.3, -0.25) is 4.90 Å². The average Bonchev–Trinajstić information content (AvgIpc) is 2.38. The highest BCUT2D eigenvalue weighted by atomic mass is 16.5. The average molecular weight is 258 g/mol. The summed E-state index contributed by atoms with van der Waals surface area (Å²) < 4.78 is 10.8. The van der Waals surface area contributed by atoms with Gasteiger partial charge in [-0.2, -0.15) is 0 Å². The van der Waals surface area contributed by atoms with Gasteiger partial charge in [0.05, 0.1) is 6.61 Å². The molecule has 4 heteroatoms. The summed E-state index contributed by atoms with van der Waals surface area (Å²) in [6, 6.07) is 0.483. The van der Waals surface area contributed by atoms with Crippen LogP contribution in [0.1, 0.15) is 26.7 Å². The number of nitrogens with zero attached hydrogens (tertiary/aromatic N) is 1. The molecule has 1 unspecified atom stereocenters. The summed E-state index contributed by atoms with van der Waals surface area (Å²) in [6.45, 7) is 10.4. The summed E-state index contributed by atoms with van der Waals surface area (Å²) >= 11 is 0. The van der Waals surface area contributed by atoms with Gasteiger partial charge in [-0.15, -0.1) is 0 Å². The van der Waals surface area contributed by atoms with Crippen LogP contribution in [0.15, 0.2) is 0 Å². The van der Waals surface area contributed by atoms with Crippen LogP contribution < -0.4 is 5.32 Å². The third-order valence-electron chi connectivity index (χ3n) is 4.08. The largest absolute Gasteiger partial charge is 0.383 e. The molecule has 108 valence electrons. The molecule has 0 aromatic heterocycles. The Bertz CT molecular complexity index is 212. The van der Waals surface area contributed by atoms with E-state index in [2.05, 4.69) is 24.1 Å². The molecular weight excluding hydrogens is 228 g/mol. The Balaban J connectivity index is 2.61. The highest BCUT2D eigenvalue weighted by Crippen LogP contribution is 2.31. The Morgan fingerprint density at radius 1 is 1.39 bits per heavy atom. The second-order valence-corrected chi connectivity index (χ2v) is 5.51. The van der Waals surface area contributed by atoms with Crippen molar-refractivity contribution < 1.29 is 9.47 Å². The minimum absolute atomic E-state index is 0.366. The van der Waals surface area contributed by atoms with Gasteiger partial charge in [0.2, 0.25) is 0 Å². The minimum Gasteiger partial charge on any atom is -0.383 e. The van der Waals surface area contributed by atoms with Crippen molar-refractivity contribution in [3.05, 3.63) is 0 Å². The highest BCUT2D eigenvalue weighted by Gasteiger charge is 2.34. The number of methoxy groups -OCH3 is 1. The van der Waals surface area contributed by atoms with Gasteiger partial charge in [-0.25, -0.2) is 0 Å². The van der Waals surface area contributed by atoms with Crippen LogP contribution in [0.4, 0.5) is 0 Å². The summed E-state index contributed by atoms with van der Waals surface area (Å²) in [6.07, 6.45) is 2.31. The molecule has 0 aromatic rings. The molecule has 4 nitrogen and oxygen atoms in total. The summed E-state index contributed by atoms with van der Waals surface area (Å²) in [5.74, 6) is 0. The monoisotopic (exact) mass is 258 g/mol. The first-order chi connectivity index (χ1) is 8.67. The zero-order valence-electron chi connectivity index (χ0n) is 12.5. The molecule has 1 saturated heterocycles. The number of rotatable bonds is 8. The fourth-order valence-corrected chi connectivity index (χ4v) is 2.93. The van der Waals surface area contributed by atoms with Crippen LogP contribution >= 0.6 is 0 Å². The summed E-state index contributed by atoms with van der Waals surface area (Å²) in [4.78, 5) is 2.53. The van der Waals surface area contributed by atoms with Crippen molar-refractivity contribution in [1.29, 1.82) is 0 Å². The molecule has 1 heterocycles. The van der Waals surface area contributed by atoms with Crippen molar-refractivity contribution in [3.63, 3.8) is 0 Å². The van der Waals surface area contributed by atoms with Crippen LogP contribution in [0.3, 0.4) is 0 Å². The molecule has 1 fully saturated rings. The molecule has 0 spiro atoms. The van der Waals surface area contributed by atoms with E-state index in [1.807, 2.05) is 7.05 Å². The fourth-order valence-electron chi connectivity index (χ4n) is 2.93. The van der Waals surface area contributed by atoms with E-state index in [1.54, 1.807) is 7.11 Å². The maximum absolute atomic E-state index is 5.52. The highest BCUT2D eigenvalue weighted by molar-refractivity contribution is 4.87. The normalized spacial score (nSPS) is 21.2. The van der Waals surface area contributed by atoms with Crippen LogP contribution in [0.25, 0.3) is 0 Å². The van der Waals surface area contributed by atoms with Crippen LogP contribution in [0.2, 0.25) is 0 Å². The van der Waals surface area contributed by atoms with Crippen LogP contribution in [-0.4, -0.2) is 64.6 Å². The standard InChI is InChI=1S/C14H30N2O2/c1-5-16(13(2)10-17-4)12-14(11-15-3)6-8-18-9-7-14/h13,15H,5-12H2,1-4H3. The van der Waals surface area contributed by atoms with E-state index in [0.717, 1.165) is 52.3 Å². The van der Waals surface area contributed by atoms with E-state index in [0.29, 0.717) is 11.5 Å². The van der Waals surface area contributed by atoms with Gasteiger partial charge in [0.25, 0.3) is 0 Å². The number of hydrogen-bond acceptors (Lipinski definition) is 4. The SMILES string of the molecule is CCN(CC1(CNC)CCOCC1)C(C)COC. The van der Waals surface area contributed by atoms with E-state index in [9.17, 15) is 0 Å². The Kier molecular flexibility index (Phi) is 7.15. The molecule has 0 aromatic carbocycles. The van der Waals surface area contributed by atoms with Gasteiger partial charge in [-0.1, -0.05) is 6.92 Å². The van der Waals surface area contributed by atoms with E-state index in [4.69, 9.17) is 9.47 Å². The van der Waals surface area contributed by atoms with Crippen molar-refractivity contribution in [2.75, 3.05) is 53.6 Å². The first kappa shape index (κ1) is 15.9. The molecular formula is C14H30N2O2. The lowest BCUT2D eigenvalue weighted by molar-refractivity contribution is -0.0155. The van der Waals surface area contributed by atoms with Gasteiger partial charge in [0.1, 0.15) is 0 Å². The predicted octanol–water partition coefficient (Wildman–Crippen LogP) is 1.36. The number of likely N-dealkylation sites (N-methyl/N-ethyl adjacent to an activating group) is 1. The zero-order chi connectivity index (χ0) is 13.4. The van der Waals surface area contributed by atoms with Gasteiger partial charge in [-0.05, 0) is 38.8 Å². The lowest BCUT2D eigenvalue weighted by Gasteiger charge is -2.42. The zero-order valence-corrected chi connectivity index (χ0v) is 12.5. The Labute approximate surface area is 112 Å². The lowest BCUT2D eigenvalue weighted by atomic mass is 9.79. The number of hydrogen-bond donors (Lipinski definition) is 1. The van der Waals surface area contributed by atoms with Gasteiger partial charge >= 0.3 is 0 Å². The van der Waals surface area contributed by atoms with E-state index in [-0.39, 0.29) is 0 Å². The molecule has 1 rings (SSSR count). The first-order valence-corrected chi connectivity index (χ1v) is 7.13. The molecule has 0 amide bonds. The van der Waals surface area contributed by atoms with Crippen LogP contribution in [-0.2, 0) is 9.47 Å². The lowest BCUT2D eigenvalue weighted by Crippen LogP contribution is -2.50. The summed E-state index contributed by atoms with van der Waals surface area (Å²) in [7, 11) is 3.83. The van der Waals surface area contributed by atoms with Gasteiger partial charge in [0, 0.05) is 39.5 Å². The topological polar surface area (TPSA) is 33.7 Å². The van der Waals surface area contributed by atoms with Crippen molar-refractivity contribution in [2.24, 2.45) is 5.41 Å². The maximum Gasteiger partial charge on any atom is 0.0615 e. The third-order valence-corrected chi connectivity index (χ3v) is 4.08. The Morgan fingerprint density at radius 3 is 2.56 bits per heavy atom. The van der Waals surface area contributed by atoms with E-state index in [1.165, 1.54) is 0 Å². The Hall–Kier alpha value is -0.160. The maximum atomic E-state index is 5.52. The molecule has 0 saturated carbocycles. The van der Waals surface area contributed by atoms with Crippen molar-refractivity contribution in [1.82, 2.24) is 10.2 Å². The first-order valence-electron chi connectivity index (χ1n) is 7.13. The molecule has 1 atom stereocenters. The molecule has 1 N–H and O–H groups in total. The number of nitrogens with one attached hydrogen (secondary N) is 1. The molecule has 18 heavy (non-hydrogen) atoms. The molecule has 0 aliphatic carbocycles.